The zero-order valence-corrected chi connectivity index (χ0v) is 18.2. The normalized spacial score (nSPS) is 13.7. The Labute approximate surface area is 186 Å². The van der Waals surface area contributed by atoms with Gasteiger partial charge in [-0.3, -0.25) is 4.79 Å². The van der Waals surface area contributed by atoms with Crippen molar-refractivity contribution >= 4 is 17.5 Å². The first kappa shape index (κ1) is 21.2. The van der Waals surface area contributed by atoms with E-state index in [4.69, 9.17) is 30.8 Å². The van der Waals surface area contributed by atoms with E-state index in [1.54, 1.807) is 19.1 Å². The molecule has 0 radical (unpaired) electrons. The number of amides is 1. The van der Waals surface area contributed by atoms with Crippen LogP contribution in [-0.4, -0.2) is 56.3 Å². The average Bonchev–Trinajstić information content (AvgIpc) is 2.83. The van der Waals surface area contributed by atoms with Gasteiger partial charge < -0.3 is 19.1 Å². The lowest BCUT2D eigenvalue weighted by molar-refractivity contribution is 0.0303. The van der Waals surface area contributed by atoms with Gasteiger partial charge in [0.15, 0.2) is 11.5 Å². The quantitative estimate of drug-likeness (QED) is 0.584. The third kappa shape index (κ3) is 4.50. The van der Waals surface area contributed by atoms with Crippen LogP contribution in [0.3, 0.4) is 0 Å². The van der Waals surface area contributed by atoms with Crippen LogP contribution >= 0.6 is 11.6 Å². The Kier molecular flexibility index (Phi) is 6.39. The van der Waals surface area contributed by atoms with Crippen LogP contribution in [0.2, 0.25) is 5.02 Å². The molecule has 1 amide bonds. The van der Waals surface area contributed by atoms with Gasteiger partial charge in [-0.25, -0.2) is 4.98 Å². The fraction of sp³-hybridized carbons (Fsp3) is 0.250. The Morgan fingerprint density at radius 1 is 0.935 bits per heavy atom. The summed E-state index contributed by atoms with van der Waals surface area (Å²) in [4.78, 5) is 20.0. The number of rotatable bonds is 5. The fourth-order valence-corrected chi connectivity index (χ4v) is 3.68. The van der Waals surface area contributed by atoms with E-state index in [2.05, 4.69) is 0 Å². The summed E-state index contributed by atoms with van der Waals surface area (Å²) < 4.78 is 16.2. The first-order valence-electron chi connectivity index (χ1n) is 9.97. The summed E-state index contributed by atoms with van der Waals surface area (Å²) in [5, 5.41) is 0.656. The van der Waals surface area contributed by atoms with Crippen molar-refractivity contribution < 1.29 is 19.0 Å². The molecular formula is C24H23ClN2O4. The number of aromatic nitrogens is 1. The number of nitrogens with zero attached hydrogens (tertiary/aromatic N) is 2. The molecule has 4 rings (SSSR count). The van der Waals surface area contributed by atoms with Gasteiger partial charge in [-0.05, 0) is 42.5 Å². The zero-order chi connectivity index (χ0) is 21.8. The van der Waals surface area contributed by atoms with Crippen LogP contribution in [0.15, 0.2) is 54.6 Å². The topological polar surface area (TPSA) is 60.9 Å². The molecule has 2 heterocycles. The molecule has 0 N–H and O–H groups in total. The highest BCUT2D eigenvalue weighted by Gasteiger charge is 2.23. The molecule has 0 saturated carbocycles. The van der Waals surface area contributed by atoms with E-state index in [9.17, 15) is 4.79 Å². The molecule has 0 spiro atoms. The second-order valence-electron chi connectivity index (χ2n) is 7.07. The molecule has 1 aliphatic heterocycles. The smallest absolute Gasteiger partial charge is 0.256 e. The number of pyridine rings is 1. The Bertz CT molecular complexity index is 1080. The molecule has 1 aliphatic rings. The minimum absolute atomic E-state index is 0.0664. The first-order chi connectivity index (χ1) is 15.1. The van der Waals surface area contributed by atoms with E-state index in [-0.39, 0.29) is 5.91 Å². The minimum atomic E-state index is -0.0664. The molecule has 0 aliphatic carbocycles. The van der Waals surface area contributed by atoms with Crippen molar-refractivity contribution in [2.75, 3.05) is 40.5 Å². The van der Waals surface area contributed by atoms with Crippen LogP contribution in [0.5, 0.6) is 11.5 Å². The average molecular weight is 439 g/mol. The Hall–Kier alpha value is -3.09. The van der Waals surface area contributed by atoms with Crippen LogP contribution in [0, 0.1) is 0 Å². The fourth-order valence-electron chi connectivity index (χ4n) is 3.55. The summed E-state index contributed by atoms with van der Waals surface area (Å²) in [5.74, 6) is 1.12. The summed E-state index contributed by atoms with van der Waals surface area (Å²) in [6.07, 6.45) is 0. The van der Waals surface area contributed by atoms with E-state index in [1.807, 2.05) is 54.6 Å². The highest BCUT2D eigenvalue weighted by Crippen LogP contribution is 2.34. The largest absolute Gasteiger partial charge is 0.493 e. The first-order valence-corrected chi connectivity index (χ1v) is 10.3. The number of methoxy groups -OCH3 is 2. The van der Waals surface area contributed by atoms with Crippen LogP contribution in [0.4, 0.5) is 0 Å². The van der Waals surface area contributed by atoms with Crippen LogP contribution in [0.1, 0.15) is 10.4 Å². The number of carbonyl (C=O) groups excluding carboxylic acids is 1. The second kappa shape index (κ2) is 9.37. The molecule has 0 atom stereocenters. The summed E-state index contributed by atoms with van der Waals surface area (Å²) >= 11 is 6.03. The standard InChI is InChI=1S/C24H23ClN2O4/c1-29-21-10-5-17(15-22(21)30-2)23-19(24(28)27-11-13-31-14-12-27)8-9-20(26-23)16-3-6-18(25)7-4-16/h3-10,15H,11-14H2,1-2H3. The van der Waals surface area contributed by atoms with Crippen molar-refractivity contribution in [2.24, 2.45) is 0 Å². The molecule has 160 valence electrons. The van der Waals surface area contributed by atoms with Gasteiger partial charge in [0.2, 0.25) is 0 Å². The molecular weight excluding hydrogens is 416 g/mol. The summed E-state index contributed by atoms with van der Waals surface area (Å²) in [6, 6.07) is 16.7. The maximum Gasteiger partial charge on any atom is 0.256 e. The third-order valence-electron chi connectivity index (χ3n) is 5.22. The van der Waals surface area contributed by atoms with Crippen LogP contribution in [0.25, 0.3) is 22.5 Å². The minimum Gasteiger partial charge on any atom is -0.493 e. The number of ether oxygens (including phenoxy) is 3. The predicted molar refractivity (Wildman–Crippen MR) is 120 cm³/mol. The highest BCUT2D eigenvalue weighted by atomic mass is 35.5. The van der Waals surface area contributed by atoms with Crippen molar-refractivity contribution in [1.29, 1.82) is 0 Å². The van der Waals surface area contributed by atoms with Gasteiger partial charge in [-0.1, -0.05) is 23.7 Å². The number of carbonyl (C=O) groups is 1. The van der Waals surface area contributed by atoms with E-state index in [1.165, 1.54) is 0 Å². The van der Waals surface area contributed by atoms with Crippen LogP contribution < -0.4 is 9.47 Å². The molecule has 1 aromatic heterocycles. The van der Waals surface area contributed by atoms with E-state index in [0.717, 1.165) is 16.8 Å². The monoisotopic (exact) mass is 438 g/mol. The van der Waals surface area contributed by atoms with Gasteiger partial charge in [0.25, 0.3) is 5.91 Å². The van der Waals surface area contributed by atoms with Gasteiger partial charge in [0.1, 0.15) is 0 Å². The molecule has 0 unspecified atom stereocenters. The molecule has 3 aromatic rings. The molecule has 7 heteroatoms. The van der Waals surface area contributed by atoms with Crippen molar-refractivity contribution in [3.8, 4) is 34.0 Å². The molecule has 0 bridgehead atoms. The molecule has 6 nitrogen and oxygen atoms in total. The number of hydrogen-bond acceptors (Lipinski definition) is 5. The molecule has 2 aromatic carbocycles. The second-order valence-corrected chi connectivity index (χ2v) is 7.51. The lowest BCUT2D eigenvalue weighted by atomic mass is 10.0. The van der Waals surface area contributed by atoms with Gasteiger partial charge >= 0.3 is 0 Å². The zero-order valence-electron chi connectivity index (χ0n) is 17.4. The number of hydrogen-bond donors (Lipinski definition) is 0. The van der Waals surface area contributed by atoms with E-state index in [0.29, 0.717) is 54.1 Å². The molecule has 1 saturated heterocycles. The Morgan fingerprint density at radius 2 is 1.61 bits per heavy atom. The lowest BCUT2D eigenvalue weighted by Gasteiger charge is -2.27. The SMILES string of the molecule is COc1ccc(-c2nc(-c3ccc(Cl)cc3)ccc2C(=O)N2CCOCC2)cc1OC. The van der Waals surface area contributed by atoms with Gasteiger partial charge in [-0.2, -0.15) is 0 Å². The van der Waals surface area contributed by atoms with Gasteiger partial charge in [0, 0.05) is 29.2 Å². The van der Waals surface area contributed by atoms with Crippen LogP contribution in [-0.2, 0) is 4.74 Å². The summed E-state index contributed by atoms with van der Waals surface area (Å²) in [7, 11) is 3.17. The maximum absolute atomic E-state index is 13.3. The van der Waals surface area contributed by atoms with Gasteiger partial charge in [0.05, 0.1) is 44.4 Å². The predicted octanol–water partition coefficient (Wildman–Crippen LogP) is 4.56. The van der Waals surface area contributed by atoms with E-state index >= 15 is 0 Å². The number of halogens is 1. The maximum atomic E-state index is 13.3. The summed E-state index contributed by atoms with van der Waals surface area (Å²) in [5.41, 5.74) is 3.55. The van der Waals surface area contributed by atoms with Crippen molar-refractivity contribution in [3.05, 3.63) is 65.2 Å². The Morgan fingerprint density at radius 3 is 2.29 bits per heavy atom. The molecule has 1 fully saturated rings. The van der Waals surface area contributed by atoms with Crippen molar-refractivity contribution in [3.63, 3.8) is 0 Å². The molecule has 31 heavy (non-hydrogen) atoms. The summed E-state index contributed by atoms with van der Waals surface area (Å²) in [6.45, 7) is 2.19. The van der Waals surface area contributed by atoms with Gasteiger partial charge in [-0.15, -0.1) is 0 Å². The highest BCUT2D eigenvalue weighted by molar-refractivity contribution is 6.30. The third-order valence-corrected chi connectivity index (χ3v) is 5.47. The van der Waals surface area contributed by atoms with Crippen molar-refractivity contribution in [1.82, 2.24) is 9.88 Å². The number of benzene rings is 2. The van der Waals surface area contributed by atoms with Crippen molar-refractivity contribution in [2.45, 2.75) is 0 Å². The number of morpholine rings is 1. The lowest BCUT2D eigenvalue weighted by Crippen LogP contribution is -2.41. The van der Waals surface area contributed by atoms with E-state index < -0.39 is 0 Å². The Balaban J connectivity index is 1.83.